The maximum absolute atomic E-state index is 12.2. The number of carbonyl (C=O) groups is 1. The first-order valence-electron chi connectivity index (χ1n) is 8.92. The van der Waals surface area contributed by atoms with E-state index in [1.807, 2.05) is 0 Å². The lowest BCUT2D eigenvalue weighted by Gasteiger charge is -2.35. The van der Waals surface area contributed by atoms with Crippen LogP contribution in [0.2, 0.25) is 0 Å². The van der Waals surface area contributed by atoms with Gasteiger partial charge in [0.1, 0.15) is 0 Å². The minimum Gasteiger partial charge on any atom is -0.349 e. The van der Waals surface area contributed by atoms with E-state index in [1.165, 1.54) is 50.9 Å². The van der Waals surface area contributed by atoms with E-state index in [9.17, 15) is 9.59 Å². The van der Waals surface area contributed by atoms with Crippen molar-refractivity contribution in [3.05, 3.63) is 34.2 Å². The number of carbonyl (C=O) groups excluding carboxylic acids is 1. The van der Waals surface area contributed by atoms with E-state index in [1.54, 1.807) is 6.07 Å². The monoisotopic (exact) mass is 317 g/mol. The van der Waals surface area contributed by atoms with E-state index in [0.29, 0.717) is 5.56 Å². The molecule has 1 saturated heterocycles. The van der Waals surface area contributed by atoms with E-state index in [2.05, 4.69) is 15.2 Å². The molecule has 1 aliphatic heterocycles. The fourth-order valence-corrected chi connectivity index (χ4v) is 3.85. The molecule has 0 aromatic carbocycles. The molecule has 1 aromatic heterocycles. The minimum atomic E-state index is -0.236. The van der Waals surface area contributed by atoms with Gasteiger partial charge in [-0.2, -0.15) is 0 Å². The van der Waals surface area contributed by atoms with Crippen molar-refractivity contribution in [2.24, 2.45) is 5.92 Å². The molecule has 23 heavy (non-hydrogen) atoms. The van der Waals surface area contributed by atoms with E-state index in [4.69, 9.17) is 0 Å². The van der Waals surface area contributed by atoms with Gasteiger partial charge in [0.25, 0.3) is 5.91 Å². The number of likely N-dealkylation sites (tertiary alicyclic amines) is 1. The summed E-state index contributed by atoms with van der Waals surface area (Å²) in [6.07, 6.45) is 10.5. The summed E-state index contributed by atoms with van der Waals surface area (Å²) in [7, 11) is 0. The summed E-state index contributed by atoms with van der Waals surface area (Å²) in [6.45, 7) is 3.36. The summed E-state index contributed by atoms with van der Waals surface area (Å²) < 4.78 is 0. The lowest BCUT2D eigenvalue weighted by atomic mass is 9.88. The van der Waals surface area contributed by atoms with E-state index >= 15 is 0 Å². The van der Waals surface area contributed by atoms with Crippen LogP contribution in [0.1, 0.15) is 55.3 Å². The first-order chi connectivity index (χ1) is 11.2. The van der Waals surface area contributed by atoms with Crippen molar-refractivity contribution >= 4 is 5.91 Å². The summed E-state index contributed by atoms with van der Waals surface area (Å²) in [5.41, 5.74) is 0.207. The van der Waals surface area contributed by atoms with E-state index < -0.39 is 0 Å². The van der Waals surface area contributed by atoms with Crippen molar-refractivity contribution in [3.63, 3.8) is 0 Å². The fourth-order valence-electron chi connectivity index (χ4n) is 3.85. The number of nitrogens with zero attached hydrogens (tertiary/aromatic N) is 1. The van der Waals surface area contributed by atoms with Gasteiger partial charge in [-0.1, -0.05) is 19.3 Å². The Morgan fingerprint density at radius 1 is 1.17 bits per heavy atom. The Bertz CT molecular complexity index is 570. The van der Waals surface area contributed by atoms with Crippen LogP contribution in [0.25, 0.3) is 0 Å². The number of H-pyrrole nitrogens is 1. The van der Waals surface area contributed by atoms with Crippen LogP contribution in [-0.4, -0.2) is 41.5 Å². The second kappa shape index (κ2) is 7.77. The number of pyridine rings is 1. The molecule has 2 N–H and O–H groups in total. The maximum Gasteiger partial charge on any atom is 0.251 e. The number of aromatic nitrogens is 1. The van der Waals surface area contributed by atoms with E-state index in [0.717, 1.165) is 31.8 Å². The van der Waals surface area contributed by atoms with E-state index in [-0.39, 0.29) is 17.5 Å². The normalized spacial score (nSPS) is 21.2. The van der Waals surface area contributed by atoms with Gasteiger partial charge in [0.05, 0.1) is 0 Å². The molecule has 2 aliphatic rings. The molecule has 1 amide bonds. The van der Waals surface area contributed by atoms with Gasteiger partial charge in [0, 0.05) is 43.5 Å². The lowest BCUT2D eigenvalue weighted by Crippen LogP contribution is -2.46. The molecular weight excluding hydrogens is 290 g/mol. The van der Waals surface area contributed by atoms with Crippen molar-refractivity contribution < 1.29 is 4.79 Å². The highest BCUT2D eigenvalue weighted by molar-refractivity contribution is 5.94. The molecule has 1 aromatic rings. The second-order valence-corrected chi connectivity index (χ2v) is 6.99. The number of piperidine rings is 1. The zero-order chi connectivity index (χ0) is 16.1. The first-order valence-corrected chi connectivity index (χ1v) is 8.92. The van der Waals surface area contributed by atoms with Gasteiger partial charge >= 0.3 is 0 Å². The Balaban J connectivity index is 1.43. The van der Waals surface area contributed by atoms with Gasteiger partial charge in [0.2, 0.25) is 5.56 Å². The molecular formula is C18H27N3O2. The third-order valence-corrected chi connectivity index (χ3v) is 5.20. The zero-order valence-electron chi connectivity index (χ0n) is 13.7. The van der Waals surface area contributed by atoms with Crippen LogP contribution >= 0.6 is 0 Å². The third kappa shape index (κ3) is 4.67. The molecule has 3 rings (SSSR count). The van der Waals surface area contributed by atoms with Gasteiger partial charge in [-0.15, -0.1) is 0 Å². The Morgan fingerprint density at radius 3 is 2.61 bits per heavy atom. The Labute approximate surface area is 137 Å². The highest BCUT2D eigenvalue weighted by Gasteiger charge is 2.23. The molecule has 5 nitrogen and oxygen atoms in total. The molecule has 5 heteroatoms. The van der Waals surface area contributed by atoms with Crippen LogP contribution in [0.4, 0.5) is 0 Å². The second-order valence-electron chi connectivity index (χ2n) is 6.99. The lowest BCUT2D eigenvalue weighted by molar-refractivity contribution is 0.0901. The largest absolute Gasteiger partial charge is 0.349 e. The third-order valence-electron chi connectivity index (χ3n) is 5.20. The highest BCUT2D eigenvalue weighted by Crippen LogP contribution is 2.25. The molecule has 0 atom stereocenters. The molecule has 1 saturated carbocycles. The van der Waals surface area contributed by atoms with Crippen LogP contribution < -0.4 is 10.9 Å². The van der Waals surface area contributed by atoms with Gasteiger partial charge in [-0.3, -0.25) is 9.59 Å². The Morgan fingerprint density at radius 2 is 1.91 bits per heavy atom. The summed E-state index contributed by atoms with van der Waals surface area (Å²) in [4.78, 5) is 28.6. The number of hydrogen-bond acceptors (Lipinski definition) is 3. The number of nitrogens with one attached hydrogen (secondary N) is 2. The number of aromatic amines is 1. The Kier molecular flexibility index (Phi) is 5.49. The summed E-state index contributed by atoms with van der Waals surface area (Å²) in [6, 6.07) is 3.23. The van der Waals surface area contributed by atoms with Crippen molar-refractivity contribution in [2.75, 3.05) is 19.6 Å². The van der Waals surface area contributed by atoms with Crippen LogP contribution in [0.5, 0.6) is 0 Å². The smallest absolute Gasteiger partial charge is 0.251 e. The average Bonchev–Trinajstić information content (AvgIpc) is 2.57. The average molecular weight is 317 g/mol. The summed E-state index contributed by atoms with van der Waals surface area (Å²) in [5, 5.41) is 3.07. The van der Waals surface area contributed by atoms with Gasteiger partial charge < -0.3 is 15.2 Å². The molecule has 0 spiro atoms. The predicted octanol–water partition coefficient (Wildman–Crippen LogP) is 2.15. The first kappa shape index (κ1) is 16.2. The molecule has 0 unspecified atom stereocenters. The summed E-state index contributed by atoms with van der Waals surface area (Å²) in [5.74, 6) is 0.743. The van der Waals surface area contributed by atoms with Crippen molar-refractivity contribution in [2.45, 2.75) is 51.0 Å². The number of amides is 1. The minimum absolute atomic E-state index is 0.137. The molecule has 0 bridgehead atoms. The standard InChI is InChI=1S/C18H27N3O2/c22-17-12-15(6-9-19-17)18(23)20-16-7-10-21(11-8-16)13-14-4-2-1-3-5-14/h6,9,12,14,16H,1-5,7-8,10-11,13H2,(H,19,22)(H,20,23). The SMILES string of the molecule is O=C(NC1CCN(CC2CCCCC2)CC1)c1cc[nH]c(=O)c1. The number of rotatable bonds is 4. The zero-order valence-corrected chi connectivity index (χ0v) is 13.7. The molecule has 1 aliphatic carbocycles. The van der Waals surface area contributed by atoms with Crippen LogP contribution in [-0.2, 0) is 0 Å². The molecule has 2 heterocycles. The number of hydrogen-bond donors (Lipinski definition) is 2. The molecule has 0 radical (unpaired) electrons. The quantitative estimate of drug-likeness (QED) is 0.894. The van der Waals surface area contributed by atoms with Gasteiger partial charge in [-0.05, 0) is 37.7 Å². The topological polar surface area (TPSA) is 65.2 Å². The van der Waals surface area contributed by atoms with Crippen LogP contribution in [0.15, 0.2) is 23.1 Å². The summed E-state index contributed by atoms with van der Waals surface area (Å²) >= 11 is 0. The van der Waals surface area contributed by atoms with Crippen molar-refractivity contribution in [1.29, 1.82) is 0 Å². The fraction of sp³-hybridized carbons (Fsp3) is 0.667. The maximum atomic E-state index is 12.2. The van der Waals surface area contributed by atoms with Crippen molar-refractivity contribution in [1.82, 2.24) is 15.2 Å². The Hall–Kier alpha value is -1.62. The molecule has 2 fully saturated rings. The van der Waals surface area contributed by atoms with Crippen molar-refractivity contribution in [3.8, 4) is 0 Å². The molecule has 126 valence electrons. The van der Waals surface area contributed by atoms with Gasteiger partial charge in [0.15, 0.2) is 0 Å². The predicted molar refractivity (Wildman–Crippen MR) is 90.6 cm³/mol. The van der Waals surface area contributed by atoms with Crippen LogP contribution in [0.3, 0.4) is 0 Å². The van der Waals surface area contributed by atoms with Gasteiger partial charge in [-0.25, -0.2) is 0 Å². The van der Waals surface area contributed by atoms with Crippen LogP contribution in [0, 0.1) is 5.92 Å². The highest BCUT2D eigenvalue weighted by atomic mass is 16.2.